The lowest BCUT2D eigenvalue weighted by Gasteiger charge is -2.00. The van der Waals surface area contributed by atoms with E-state index in [0.29, 0.717) is 12.4 Å². The van der Waals surface area contributed by atoms with Gasteiger partial charge in [0.25, 0.3) is 0 Å². The zero-order valence-corrected chi connectivity index (χ0v) is 10.4. The van der Waals surface area contributed by atoms with Crippen LogP contribution in [0.1, 0.15) is 24.0 Å². The van der Waals surface area contributed by atoms with Crippen molar-refractivity contribution in [3.05, 3.63) is 23.3 Å². The number of aromatic nitrogens is 6. The second-order valence-electron chi connectivity index (χ2n) is 3.93. The van der Waals surface area contributed by atoms with Gasteiger partial charge in [0.15, 0.2) is 5.82 Å². The fourth-order valence-electron chi connectivity index (χ4n) is 1.73. The molecule has 0 saturated carbocycles. The van der Waals surface area contributed by atoms with Crippen LogP contribution in [0.5, 0.6) is 0 Å². The summed E-state index contributed by atoms with van der Waals surface area (Å²) in [6, 6.07) is 0. The quantitative estimate of drug-likeness (QED) is 0.776. The molecule has 0 aliphatic rings. The minimum atomic E-state index is 0.617. The maximum Gasteiger partial charge on any atom is 0.188 e. The normalized spacial score (nSPS) is 11.0. The molecule has 2 heterocycles. The summed E-state index contributed by atoms with van der Waals surface area (Å²) in [5.41, 5.74) is 2.35. The molecule has 0 radical (unpaired) electrons. The zero-order chi connectivity index (χ0) is 12.3. The summed E-state index contributed by atoms with van der Waals surface area (Å²) in [6.07, 6.45) is 2.98. The summed E-state index contributed by atoms with van der Waals surface area (Å²) in [6.45, 7) is 3.50. The lowest BCUT2D eigenvalue weighted by atomic mass is 10.2. The Bertz CT molecular complexity index is 485. The predicted octanol–water partition coefficient (Wildman–Crippen LogP) is -0.204. The largest absolute Gasteiger partial charge is 0.305 e. The van der Waals surface area contributed by atoms with Crippen molar-refractivity contribution < 1.29 is 0 Å². The highest BCUT2D eigenvalue weighted by Gasteiger charge is 2.06. The highest BCUT2D eigenvalue weighted by molar-refractivity contribution is 5.16. The second-order valence-corrected chi connectivity index (χ2v) is 3.93. The Labute approximate surface area is 99.8 Å². The van der Waals surface area contributed by atoms with E-state index in [9.17, 15) is 0 Å². The minimum absolute atomic E-state index is 0.617. The van der Waals surface area contributed by atoms with Gasteiger partial charge in [-0.05, 0) is 11.6 Å². The van der Waals surface area contributed by atoms with Crippen LogP contribution in [0.15, 0.2) is 6.20 Å². The van der Waals surface area contributed by atoms with Crippen LogP contribution in [0.25, 0.3) is 0 Å². The van der Waals surface area contributed by atoms with Gasteiger partial charge in [-0.2, -0.15) is 9.90 Å². The molecule has 0 amide bonds. The summed E-state index contributed by atoms with van der Waals surface area (Å²) in [5.74, 6) is 0.703. The number of hydrogen-bond acceptors (Lipinski definition) is 5. The molecule has 0 aliphatic heterocycles. The fraction of sp³-hybridized carbons (Fsp3) is 0.600. The lowest BCUT2D eigenvalue weighted by Crippen LogP contribution is -2.14. The molecule has 92 valence electrons. The highest BCUT2D eigenvalue weighted by atomic mass is 15.6. The van der Waals surface area contributed by atoms with Crippen LogP contribution in [0.2, 0.25) is 0 Å². The summed E-state index contributed by atoms with van der Waals surface area (Å²) in [7, 11) is 3.69. The van der Waals surface area contributed by atoms with E-state index in [1.54, 1.807) is 7.05 Å². The van der Waals surface area contributed by atoms with Crippen LogP contribution in [-0.4, -0.2) is 30.0 Å². The summed E-state index contributed by atoms with van der Waals surface area (Å²) >= 11 is 0. The van der Waals surface area contributed by atoms with Gasteiger partial charge >= 0.3 is 0 Å². The third-order valence-corrected chi connectivity index (χ3v) is 2.47. The maximum absolute atomic E-state index is 4.39. The molecule has 0 saturated heterocycles. The van der Waals surface area contributed by atoms with E-state index in [1.807, 2.05) is 17.9 Å². The molecule has 2 aromatic heterocycles. The number of hydrogen-bond donors (Lipinski definition) is 1. The van der Waals surface area contributed by atoms with Crippen molar-refractivity contribution in [3.8, 4) is 0 Å². The Kier molecular flexibility index (Phi) is 3.48. The molecule has 0 aromatic carbocycles. The third kappa shape index (κ3) is 2.88. The van der Waals surface area contributed by atoms with E-state index in [0.717, 1.165) is 18.7 Å². The second kappa shape index (κ2) is 5.05. The van der Waals surface area contributed by atoms with Crippen molar-refractivity contribution in [2.75, 3.05) is 0 Å². The van der Waals surface area contributed by atoms with E-state index < -0.39 is 0 Å². The number of nitrogens with one attached hydrogen (secondary N) is 1. The molecule has 1 N–H and O–H groups in total. The van der Waals surface area contributed by atoms with Gasteiger partial charge in [-0.3, -0.25) is 4.68 Å². The topological polar surface area (TPSA) is 73.5 Å². The van der Waals surface area contributed by atoms with Gasteiger partial charge in [-0.25, -0.2) is 0 Å². The molecule has 0 spiro atoms. The molecular formula is C10H17N7. The molecule has 7 heteroatoms. The molecule has 0 unspecified atom stereocenters. The van der Waals surface area contributed by atoms with Gasteiger partial charge in [-0.15, -0.1) is 10.2 Å². The summed E-state index contributed by atoms with van der Waals surface area (Å²) in [4.78, 5) is 1.46. The molecule has 2 aromatic rings. The lowest BCUT2D eigenvalue weighted by molar-refractivity contribution is 0.619. The van der Waals surface area contributed by atoms with Gasteiger partial charge in [-0.1, -0.05) is 6.92 Å². The van der Waals surface area contributed by atoms with Crippen LogP contribution in [0.4, 0.5) is 0 Å². The molecule has 0 bridgehead atoms. The SMILES string of the molecule is CCc1nn(C)cc1CNCc1nnn(C)n1. The molecule has 0 atom stereocenters. The van der Waals surface area contributed by atoms with Crippen LogP contribution in [0, 0.1) is 0 Å². The molecule has 17 heavy (non-hydrogen) atoms. The van der Waals surface area contributed by atoms with Crippen LogP contribution in [-0.2, 0) is 33.6 Å². The number of aryl methyl sites for hydroxylation is 3. The standard InChI is InChI=1S/C10H17N7/c1-4-9-8(7-16(2)13-9)5-11-6-10-12-15-17(3)14-10/h7,11H,4-6H2,1-3H3. The number of rotatable bonds is 5. The maximum atomic E-state index is 4.39. The smallest absolute Gasteiger partial charge is 0.188 e. The first-order valence-corrected chi connectivity index (χ1v) is 5.64. The number of tetrazole rings is 1. The monoisotopic (exact) mass is 235 g/mol. The molecule has 0 fully saturated rings. The van der Waals surface area contributed by atoms with Crippen molar-refractivity contribution in [2.24, 2.45) is 14.1 Å². The van der Waals surface area contributed by atoms with Crippen LogP contribution < -0.4 is 5.32 Å². The van der Waals surface area contributed by atoms with Crippen molar-refractivity contribution in [2.45, 2.75) is 26.4 Å². The van der Waals surface area contributed by atoms with Crippen molar-refractivity contribution in [3.63, 3.8) is 0 Å². The fourth-order valence-corrected chi connectivity index (χ4v) is 1.73. The van der Waals surface area contributed by atoms with Gasteiger partial charge in [0.1, 0.15) is 0 Å². The van der Waals surface area contributed by atoms with E-state index >= 15 is 0 Å². The van der Waals surface area contributed by atoms with E-state index in [4.69, 9.17) is 0 Å². The van der Waals surface area contributed by atoms with Gasteiger partial charge < -0.3 is 5.32 Å². The van der Waals surface area contributed by atoms with Gasteiger partial charge in [0.2, 0.25) is 0 Å². The van der Waals surface area contributed by atoms with Crippen molar-refractivity contribution in [1.82, 2.24) is 35.3 Å². The Morgan fingerprint density at radius 2 is 2.06 bits per heavy atom. The average molecular weight is 235 g/mol. The Balaban J connectivity index is 1.89. The third-order valence-electron chi connectivity index (χ3n) is 2.47. The first kappa shape index (κ1) is 11.7. The Morgan fingerprint density at radius 3 is 2.71 bits per heavy atom. The van der Waals surface area contributed by atoms with Gasteiger partial charge in [0, 0.05) is 25.4 Å². The predicted molar refractivity (Wildman–Crippen MR) is 61.9 cm³/mol. The highest BCUT2D eigenvalue weighted by Crippen LogP contribution is 2.06. The Hall–Kier alpha value is -1.76. The van der Waals surface area contributed by atoms with Crippen molar-refractivity contribution >= 4 is 0 Å². The van der Waals surface area contributed by atoms with Gasteiger partial charge in [0.05, 0.1) is 19.3 Å². The van der Waals surface area contributed by atoms with E-state index in [-0.39, 0.29) is 0 Å². The molecule has 7 nitrogen and oxygen atoms in total. The van der Waals surface area contributed by atoms with E-state index in [1.165, 1.54) is 10.4 Å². The molecule has 2 rings (SSSR count). The van der Waals surface area contributed by atoms with Crippen molar-refractivity contribution in [1.29, 1.82) is 0 Å². The van der Waals surface area contributed by atoms with E-state index in [2.05, 4.69) is 32.7 Å². The first-order chi connectivity index (χ1) is 8.19. The zero-order valence-electron chi connectivity index (χ0n) is 10.4. The van der Waals surface area contributed by atoms with Crippen LogP contribution >= 0.6 is 0 Å². The average Bonchev–Trinajstić information content (AvgIpc) is 2.85. The number of nitrogens with zero attached hydrogens (tertiary/aromatic N) is 6. The first-order valence-electron chi connectivity index (χ1n) is 5.64. The summed E-state index contributed by atoms with van der Waals surface area (Å²) < 4.78 is 1.84. The minimum Gasteiger partial charge on any atom is -0.305 e. The van der Waals surface area contributed by atoms with Crippen LogP contribution in [0.3, 0.4) is 0 Å². The Morgan fingerprint density at radius 1 is 1.24 bits per heavy atom. The molecular weight excluding hydrogens is 218 g/mol. The summed E-state index contributed by atoms with van der Waals surface area (Å²) in [5, 5.41) is 19.5. The molecule has 0 aliphatic carbocycles.